The topological polar surface area (TPSA) is 49.3 Å². The highest BCUT2D eigenvalue weighted by Crippen LogP contribution is 2.41. The van der Waals surface area contributed by atoms with E-state index in [1.54, 1.807) is 6.92 Å². The molecule has 0 aromatic heterocycles. The summed E-state index contributed by atoms with van der Waals surface area (Å²) >= 11 is 0. The molecule has 2 N–H and O–H groups in total. The highest BCUT2D eigenvalue weighted by Gasteiger charge is 2.48. The van der Waals surface area contributed by atoms with Gasteiger partial charge >= 0.3 is 6.18 Å². The van der Waals surface area contributed by atoms with Crippen LogP contribution in [0.1, 0.15) is 32.6 Å². The van der Waals surface area contributed by atoms with Crippen LogP contribution < -0.4 is 5.32 Å². The molecular formula is C11H18F3NO2. The SMILES string of the molecule is C[C@@H](CO)NC(=O)C1CCCCC1C(F)(F)F. The number of hydrogen-bond donors (Lipinski definition) is 2. The molecular weight excluding hydrogens is 235 g/mol. The van der Waals surface area contributed by atoms with E-state index in [-0.39, 0.29) is 19.4 Å². The number of amides is 1. The lowest BCUT2D eigenvalue weighted by Crippen LogP contribution is -2.46. The molecule has 0 heterocycles. The van der Waals surface area contributed by atoms with Crippen molar-refractivity contribution < 1.29 is 23.1 Å². The van der Waals surface area contributed by atoms with E-state index < -0.39 is 30.0 Å². The van der Waals surface area contributed by atoms with Gasteiger partial charge in [-0.05, 0) is 19.8 Å². The molecule has 1 saturated carbocycles. The molecule has 100 valence electrons. The number of halogens is 3. The zero-order valence-electron chi connectivity index (χ0n) is 9.76. The molecule has 1 aliphatic carbocycles. The molecule has 0 bridgehead atoms. The van der Waals surface area contributed by atoms with Crippen LogP contribution in [0.15, 0.2) is 0 Å². The maximum atomic E-state index is 12.7. The minimum absolute atomic E-state index is 0.0229. The monoisotopic (exact) mass is 253 g/mol. The molecule has 0 spiro atoms. The lowest BCUT2D eigenvalue weighted by molar-refractivity contribution is -0.198. The van der Waals surface area contributed by atoms with Gasteiger partial charge in [0.1, 0.15) is 0 Å². The van der Waals surface area contributed by atoms with E-state index >= 15 is 0 Å². The van der Waals surface area contributed by atoms with Crippen LogP contribution in [0.4, 0.5) is 13.2 Å². The molecule has 0 saturated heterocycles. The van der Waals surface area contributed by atoms with Gasteiger partial charge in [0.2, 0.25) is 5.91 Å². The minimum Gasteiger partial charge on any atom is -0.394 e. The fourth-order valence-corrected chi connectivity index (χ4v) is 2.23. The molecule has 0 aromatic rings. The van der Waals surface area contributed by atoms with Gasteiger partial charge in [-0.2, -0.15) is 13.2 Å². The van der Waals surface area contributed by atoms with Crippen LogP contribution >= 0.6 is 0 Å². The van der Waals surface area contributed by atoms with Crippen LogP contribution in [0.25, 0.3) is 0 Å². The summed E-state index contributed by atoms with van der Waals surface area (Å²) in [5.74, 6) is -3.13. The Labute approximate surface area is 98.4 Å². The summed E-state index contributed by atoms with van der Waals surface area (Å²) in [5, 5.41) is 11.2. The first-order valence-electron chi connectivity index (χ1n) is 5.84. The summed E-state index contributed by atoms with van der Waals surface area (Å²) in [6.07, 6.45) is -2.85. The van der Waals surface area contributed by atoms with Gasteiger partial charge < -0.3 is 10.4 Å². The number of aliphatic hydroxyl groups excluding tert-OH is 1. The third kappa shape index (κ3) is 3.87. The Morgan fingerprint density at radius 3 is 2.53 bits per heavy atom. The Bertz CT molecular complexity index is 268. The van der Waals surface area contributed by atoms with Crippen LogP contribution in [0.3, 0.4) is 0 Å². The zero-order valence-corrected chi connectivity index (χ0v) is 9.76. The van der Waals surface area contributed by atoms with Crippen molar-refractivity contribution in [2.75, 3.05) is 6.61 Å². The first kappa shape index (κ1) is 14.3. The van der Waals surface area contributed by atoms with Gasteiger partial charge in [-0.3, -0.25) is 4.79 Å². The number of nitrogens with one attached hydrogen (secondary N) is 1. The number of aliphatic hydroxyl groups is 1. The predicted octanol–water partition coefficient (Wildman–Crippen LogP) is 1.85. The van der Waals surface area contributed by atoms with Gasteiger partial charge in [-0.1, -0.05) is 12.8 Å². The maximum absolute atomic E-state index is 12.7. The highest BCUT2D eigenvalue weighted by molar-refractivity contribution is 5.79. The summed E-state index contributed by atoms with van der Waals surface area (Å²) in [7, 11) is 0. The van der Waals surface area contributed by atoms with E-state index in [1.807, 2.05) is 0 Å². The van der Waals surface area contributed by atoms with Crippen LogP contribution in [0.2, 0.25) is 0 Å². The van der Waals surface area contributed by atoms with Gasteiger partial charge in [0.25, 0.3) is 0 Å². The molecule has 2 unspecified atom stereocenters. The summed E-state index contributed by atoms with van der Waals surface area (Å²) in [4.78, 5) is 11.7. The second-order valence-corrected chi connectivity index (χ2v) is 4.63. The molecule has 0 aromatic carbocycles. The predicted molar refractivity (Wildman–Crippen MR) is 56.2 cm³/mol. The largest absolute Gasteiger partial charge is 0.394 e. The normalized spacial score (nSPS) is 27.6. The lowest BCUT2D eigenvalue weighted by Gasteiger charge is -2.32. The van der Waals surface area contributed by atoms with Crippen molar-refractivity contribution in [3.8, 4) is 0 Å². The fraction of sp³-hybridized carbons (Fsp3) is 0.909. The Morgan fingerprint density at radius 1 is 1.41 bits per heavy atom. The molecule has 1 aliphatic rings. The van der Waals surface area contributed by atoms with E-state index in [2.05, 4.69) is 5.32 Å². The maximum Gasteiger partial charge on any atom is 0.392 e. The lowest BCUT2D eigenvalue weighted by atomic mass is 9.78. The number of carbonyl (C=O) groups is 1. The van der Waals surface area contributed by atoms with Crippen LogP contribution in [-0.2, 0) is 4.79 Å². The van der Waals surface area contributed by atoms with Gasteiger partial charge in [0.15, 0.2) is 0 Å². The van der Waals surface area contributed by atoms with Crippen molar-refractivity contribution in [3.63, 3.8) is 0 Å². The van der Waals surface area contributed by atoms with Crippen molar-refractivity contribution in [1.29, 1.82) is 0 Å². The van der Waals surface area contributed by atoms with Gasteiger partial charge in [0.05, 0.1) is 12.5 Å². The van der Waals surface area contributed by atoms with Crippen LogP contribution in [0, 0.1) is 11.8 Å². The Balaban J connectivity index is 2.68. The molecule has 3 atom stereocenters. The zero-order chi connectivity index (χ0) is 13.1. The highest BCUT2D eigenvalue weighted by atomic mass is 19.4. The number of hydrogen-bond acceptors (Lipinski definition) is 2. The smallest absolute Gasteiger partial charge is 0.392 e. The summed E-state index contributed by atoms with van der Waals surface area (Å²) in [6.45, 7) is 1.29. The van der Waals surface area contributed by atoms with E-state index in [9.17, 15) is 18.0 Å². The van der Waals surface area contributed by atoms with Gasteiger partial charge in [-0.25, -0.2) is 0 Å². The fourth-order valence-electron chi connectivity index (χ4n) is 2.23. The average molecular weight is 253 g/mol. The van der Waals surface area contributed by atoms with Crippen molar-refractivity contribution in [2.24, 2.45) is 11.8 Å². The summed E-state index contributed by atoms with van der Waals surface area (Å²) < 4.78 is 38.2. The Hall–Kier alpha value is -0.780. The standard InChI is InChI=1S/C11H18F3NO2/c1-7(6-16)15-10(17)8-4-2-3-5-9(8)11(12,13)14/h7-9,16H,2-6H2,1H3,(H,15,17)/t7-,8?,9?/m0/s1. The molecule has 1 rings (SSSR count). The number of rotatable bonds is 3. The van der Waals surface area contributed by atoms with E-state index in [0.29, 0.717) is 12.8 Å². The molecule has 1 fully saturated rings. The Morgan fingerprint density at radius 2 is 2.00 bits per heavy atom. The first-order chi connectivity index (χ1) is 7.86. The molecule has 3 nitrogen and oxygen atoms in total. The van der Waals surface area contributed by atoms with Crippen LogP contribution in [0.5, 0.6) is 0 Å². The second-order valence-electron chi connectivity index (χ2n) is 4.63. The molecule has 1 amide bonds. The third-order valence-electron chi connectivity index (χ3n) is 3.19. The molecule has 0 radical (unpaired) electrons. The number of carbonyl (C=O) groups excluding carboxylic acids is 1. The van der Waals surface area contributed by atoms with E-state index in [4.69, 9.17) is 5.11 Å². The minimum atomic E-state index is -4.31. The van der Waals surface area contributed by atoms with Crippen molar-refractivity contribution in [3.05, 3.63) is 0 Å². The second kappa shape index (κ2) is 5.71. The Kier molecular flexibility index (Phi) is 4.80. The third-order valence-corrected chi connectivity index (χ3v) is 3.19. The van der Waals surface area contributed by atoms with Gasteiger partial charge in [0, 0.05) is 12.0 Å². The summed E-state index contributed by atoms with van der Waals surface area (Å²) in [5.41, 5.74) is 0. The van der Waals surface area contributed by atoms with Crippen molar-refractivity contribution in [1.82, 2.24) is 5.32 Å². The van der Waals surface area contributed by atoms with Crippen molar-refractivity contribution in [2.45, 2.75) is 44.8 Å². The first-order valence-corrected chi connectivity index (χ1v) is 5.84. The van der Waals surface area contributed by atoms with E-state index in [1.165, 1.54) is 0 Å². The van der Waals surface area contributed by atoms with Crippen molar-refractivity contribution >= 4 is 5.91 Å². The molecule has 17 heavy (non-hydrogen) atoms. The molecule has 6 heteroatoms. The van der Waals surface area contributed by atoms with Crippen LogP contribution in [-0.4, -0.2) is 29.8 Å². The van der Waals surface area contributed by atoms with Gasteiger partial charge in [-0.15, -0.1) is 0 Å². The quantitative estimate of drug-likeness (QED) is 0.806. The number of alkyl halides is 3. The average Bonchev–Trinajstić information content (AvgIpc) is 2.27. The van der Waals surface area contributed by atoms with E-state index in [0.717, 1.165) is 0 Å². The summed E-state index contributed by atoms with van der Waals surface area (Å²) in [6, 6.07) is -0.502. The molecule has 0 aliphatic heterocycles.